The Kier molecular flexibility index (Phi) is 3.69. The fourth-order valence-electron chi connectivity index (χ4n) is 1.55. The van der Waals surface area contributed by atoms with Crippen LogP contribution in [-0.2, 0) is 11.3 Å². The van der Waals surface area contributed by atoms with Crippen LogP contribution in [0.5, 0.6) is 0 Å². The first kappa shape index (κ1) is 11.2. The molecule has 0 aromatic carbocycles. The summed E-state index contributed by atoms with van der Waals surface area (Å²) in [4.78, 5) is 4.35. The maximum Gasteiger partial charge on any atom is 0.135 e. The van der Waals surface area contributed by atoms with E-state index in [1.807, 2.05) is 20.0 Å². The first-order chi connectivity index (χ1) is 6.52. The molecule has 14 heavy (non-hydrogen) atoms. The number of aryl methyl sites for hydroxylation is 1. The van der Waals surface area contributed by atoms with E-state index >= 15 is 0 Å². The van der Waals surface area contributed by atoms with Crippen LogP contribution in [0.4, 0.5) is 0 Å². The third-order valence-electron chi connectivity index (χ3n) is 2.12. The van der Waals surface area contributed by atoms with E-state index in [0.717, 1.165) is 5.82 Å². The molecule has 0 aliphatic carbocycles. The van der Waals surface area contributed by atoms with E-state index in [1.165, 1.54) is 5.69 Å². The SMILES string of the molecule is Cc1cnc(COC(C)C)n1C(C)C. The van der Waals surface area contributed by atoms with Crippen molar-refractivity contribution >= 4 is 0 Å². The number of imidazole rings is 1. The first-order valence-corrected chi connectivity index (χ1v) is 5.16. The molecule has 0 radical (unpaired) electrons. The van der Waals surface area contributed by atoms with Crippen molar-refractivity contribution in [3.8, 4) is 0 Å². The second-order valence-corrected chi connectivity index (χ2v) is 4.14. The van der Waals surface area contributed by atoms with E-state index in [4.69, 9.17) is 4.74 Å². The number of rotatable bonds is 4. The Labute approximate surface area is 86.1 Å². The predicted molar refractivity (Wildman–Crippen MR) is 57.3 cm³/mol. The van der Waals surface area contributed by atoms with Gasteiger partial charge in [-0.1, -0.05) is 0 Å². The maximum atomic E-state index is 5.55. The topological polar surface area (TPSA) is 27.1 Å². The molecule has 1 heterocycles. The summed E-state index contributed by atoms with van der Waals surface area (Å²) in [6.45, 7) is 11.1. The summed E-state index contributed by atoms with van der Waals surface area (Å²) in [5.74, 6) is 1.02. The van der Waals surface area contributed by atoms with Crippen molar-refractivity contribution in [1.29, 1.82) is 0 Å². The fraction of sp³-hybridized carbons (Fsp3) is 0.727. The zero-order chi connectivity index (χ0) is 10.7. The molecule has 0 unspecified atom stereocenters. The Morgan fingerprint density at radius 1 is 1.36 bits per heavy atom. The lowest BCUT2D eigenvalue weighted by Crippen LogP contribution is -2.11. The van der Waals surface area contributed by atoms with Crippen LogP contribution < -0.4 is 0 Å². The number of aromatic nitrogens is 2. The standard InChI is InChI=1S/C11H20N2O/c1-8(2)13-10(5)6-12-11(13)7-14-9(3)4/h6,8-9H,7H2,1-5H3. The second kappa shape index (κ2) is 4.60. The molecule has 1 rings (SSSR count). The lowest BCUT2D eigenvalue weighted by atomic mass is 10.3. The minimum absolute atomic E-state index is 0.257. The molecule has 0 atom stereocenters. The highest BCUT2D eigenvalue weighted by Crippen LogP contribution is 2.13. The summed E-state index contributed by atoms with van der Waals surface area (Å²) in [5, 5.41) is 0. The van der Waals surface area contributed by atoms with Crippen molar-refractivity contribution in [1.82, 2.24) is 9.55 Å². The average molecular weight is 196 g/mol. The van der Waals surface area contributed by atoms with Crippen molar-refractivity contribution in [2.24, 2.45) is 0 Å². The van der Waals surface area contributed by atoms with E-state index in [-0.39, 0.29) is 6.10 Å². The van der Waals surface area contributed by atoms with Crippen molar-refractivity contribution < 1.29 is 4.74 Å². The van der Waals surface area contributed by atoms with Gasteiger partial charge in [0.15, 0.2) is 0 Å². The minimum atomic E-state index is 0.257. The largest absolute Gasteiger partial charge is 0.371 e. The molecule has 0 N–H and O–H groups in total. The molecule has 0 aliphatic heterocycles. The third kappa shape index (κ3) is 2.58. The van der Waals surface area contributed by atoms with Crippen LogP contribution >= 0.6 is 0 Å². The van der Waals surface area contributed by atoms with Gasteiger partial charge in [-0.05, 0) is 34.6 Å². The van der Waals surface area contributed by atoms with Gasteiger partial charge in [0.25, 0.3) is 0 Å². The zero-order valence-electron chi connectivity index (χ0n) is 9.74. The first-order valence-electron chi connectivity index (χ1n) is 5.16. The van der Waals surface area contributed by atoms with E-state index in [9.17, 15) is 0 Å². The maximum absolute atomic E-state index is 5.55. The van der Waals surface area contributed by atoms with Gasteiger partial charge in [-0.25, -0.2) is 4.98 Å². The predicted octanol–water partition coefficient (Wildman–Crippen LogP) is 2.70. The van der Waals surface area contributed by atoms with Gasteiger partial charge in [-0.2, -0.15) is 0 Å². The molecule has 0 saturated heterocycles. The normalized spacial score (nSPS) is 11.6. The summed E-state index contributed by atoms with van der Waals surface area (Å²) in [7, 11) is 0. The van der Waals surface area contributed by atoms with Crippen LogP contribution in [0.3, 0.4) is 0 Å². The number of hydrogen-bond acceptors (Lipinski definition) is 2. The van der Waals surface area contributed by atoms with Crippen LogP contribution in [0, 0.1) is 6.92 Å². The Balaban J connectivity index is 2.76. The lowest BCUT2D eigenvalue weighted by molar-refractivity contribution is 0.0588. The third-order valence-corrected chi connectivity index (χ3v) is 2.12. The Hall–Kier alpha value is -0.830. The molecule has 0 bridgehead atoms. The molecule has 0 aliphatic rings. The molecule has 3 heteroatoms. The van der Waals surface area contributed by atoms with Gasteiger partial charge < -0.3 is 9.30 Å². The van der Waals surface area contributed by atoms with Crippen molar-refractivity contribution in [2.75, 3.05) is 0 Å². The Bertz CT molecular complexity index is 289. The highest BCUT2D eigenvalue weighted by Gasteiger charge is 2.10. The van der Waals surface area contributed by atoms with E-state index < -0.39 is 0 Å². The van der Waals surface area contributed by atoms with Gasteiger partial charge in [0.2, 0.25) is 0 Å². The molecule has 80 valence electrons. The highest BCUT2D eigenvalue weighted by molar-refractivity contribution is 5.04. The summed E-state index contributed by atoms with van der Waals surface area (Å²) >= 11 is 0. The molecular formula is C11H20N2O. The molecule has 0 saturated carbocycles. The average Bonchev–Trinajstić information content (AvgIpc) is 2.43. The van der Waals surface area contributed by atoms with Crippen LogP contribution in [0.15, 0.2) is 6.20 Å². The van der Waals surface area contributed by atoms with Crippen LogP contribution in [-0.4, -0.2) is 15.7 Å². The molecule has 3 nitrogen and oxygen atoms in total. The molecule has 0 amide bonds. The van der Waals surface area contributed by atoms with Crippen molar-refractivity contribution in [3.05, 3.63) is 17.7 Å². The van der Waals surface area contributed by atoms with Crippen molar-refractivity contribution in [3.63, 3.8) is 0 Å². The Morgan fingerprint density at radius 2 is 2.00 bits per heavy atom. The van der Waals surface area contributed by atoms with Crippen molar-refractivity contribution in [2.45, 2.75) is 53.4 Å². The second-order valence-electron chi connectivity index (χ2n) is 4.14. The van der Waals surface area contributed by atoms with E-state index in [0.29, 0.717) is 12.6 Å². The molecular weight excluding hydrogens is 176 g/mol. The van der Waals surface area contributed by atoms with Crippen LogP contribution in [0.2, 0.25) is 0 Å². The molecule has 0 spiro atoms. The molecule has 0 fully saturated rings. The van der Waals surface area contributed by atoms with Gasteiger partial charge >= 0.3 is 0 Å². The number of ether oxygens (including phenoxy) is 1. The quantitative estimate of drug-likeness (QED) is 0.740. The van der Waals surface area contributed by atoms with Crippen LogP contribution in [0.25, 0.3) is 0 Å². The van der Waals surface area contributed by atoms with Gasteiger partial charge in [-0.3, -0.25) is 0 Å². The molecule has 1 aromatic rings. The van der Waals surface area contributed by atoms with E-state index in [1.54, 1.807) is 0 Å². The monoisotopic (exact) mass is 196 g/mol. The number of nitrogens with zero attached hydrogens (tertiary/aromatic N) is 2. The summed E-state index contributed by atoms with van der Waals surface area (Å²) < 4.78 is 7.76. The van der Waals surface area contributed by atoms with E-state index in [2.05, 4.69) is 30.3 Å². The minimum Gasteiger partial charge on any atom is -0.371 e. The van der Waals surface area contributed by atoms with Crippen LogP contribution in [0.1, 0.15) is 45.3 Å². The van der Waals surface area contributed by atoms with Gasteiger partial charge in [0, 0.05) is 17.9 Å². The van der Waals surface area contributed by atoms with Gasteiger partial charge in [0.1, 0.15) is 12.4 Å². The van der Waals surface area contributed by atoms with Gasteiger partial charge in [0.05, 0.1) is 6.10 Å². The smallest absolute Gasteiger partial charge is 0.135 e. The Morgan fingerprint density at radius 3 is 2.50 bits per heavy atom. The highest BCUT2D eigenvalue weighted by atomic mass is 16.5. The number of hydrogen-bond donors (Lipinski definition) is 0. The summed E-state index contributed by atoms with van der Waals surface area (Å²) in [6, 6.07) is 0.447. The molecule has 1 aromatic heterocycles. The fourth-order valence-corrected chi connectivity index (χ4v) is 1.55. The lowest BCUT2D eigenvalue weighted by Gasteiger charge is -2.14. The summed E-state index contributed by atoms with van der Waals surface area (Å²) in [6.07, 6.45) is 2.16. The zero-order valence-corrected chi connectivity index (χ0v) is 9.74. The summed E-state index contributed by atoms with van der Waals surface area (Å²) in [5.41, 5.74) is 1.20. The van der Waals surface area contributed by atoms with Gasteiger partial charge in [-0.15, -0.1) is 0 Å².